The van der Waals surface area contributed by atoms with E-state index in [4.69, 9.17) is 0 Å². The molecule has 1 aromatic carbocycles. The van der Waals surface area contributed by atoms with Crippen LogP contribution in [0.15, 0.2) is 28.0 Å². The standard InChI is InChI=1S/C22H31N3O4S2/c1-15-4-6-17(7-5-15)24-31(28,29)18-8-9-20-19(13-18)23-22(27)16(14-30-20)12-21(26)25-10-2-3-11-25/h8-9,13,15-17,24H,2-7,10-12,14H2,1H3,(H,23,27). The lowest BCUT2D eigenvalue weighted by Gasteiger charge is -2.26. The van der Waals surface area contributed by atoms with E-state index in [-0.39, 0.29) is 29.2 Å². The minimum Gasteiger partial charge on any atom is -0.343 e. The van der Waals surface area contributed by atoms with Crippen LogP contribution in [-0.4, -0.2) is 50.0 Å². The zero-order chi connectivity index (χ0) is 22.0. The van der Waals surface area contributed by atoms with Gasteiger partial charge in [-0.25, -0.2) is 13.1 Å². The van der Waals surface area contributed by atoms with Gasteiger partial charge in [-0.3, -0.25) is 9.59 Å². The van der Waals surface area contributed by atoms with Gasteiger partial charge in [-0.15, -0.1) is 11.8 Å². The number of carbonyl (C=O) groups is 2. The maximum absolute atomic E-state index is 12.9. The molecule has 0 aromatic heterocycles. The Morgan fingerprint density at radius 3 is 2.61 bits per heavy atom. The van der Waals surface area contributed by atoms with Crippen LogP contribution in [0, 0.1) is 11.8 Å². The summed E-state index contributed by atoms with van der Waals surface area (Å²) in [5, 5.41) is 2.87. The van der Waals surface area contributed by atoms with E-state index in [1.807, 2.05) is 4.90 Å². The first-order valence-corrected chi connectivity index (χ1v) is 13.7. The topological polar surface area (TPSA) is 95.6 Å². The molecule has 1 saturated heterocycles. The van der Waals surface area contributed by atoms with Crippen molar-refractivity contribution in [2.45, 2.75) is 67.7 Å². The summed E-state index contributed by atoms with van der Waals surface area (Å²) in [7, 11) is -3.66. The molecule has 2 fully saturated rings. The highest BCUT2D eigenvalue weighted by molar-refractivity contribution is 7.99. The van der Waals surface area contributed by atoms with E-state index in [0.717, 1.165) is 56.5 Å². The van der Waals surface area contributed by atoms with E-state index in [1.165, 1.54) is 11.8 Å². The fraction of sp³-hybridized carbons (Fsp3) is 0.636. The fourth-order valence-electron chi connectivity index (χ4n) is 4.52. The second-order valence-corrected chi connectivity index (χ2v) is 11.8. The van der Waals surface area contributed by atoms with Crippen molar-refractivity contribution in [1.82, 2.24) is 9.62 Å². The highest BCUT2D eigenvalue weighted by Gasteiger charge is 2.30. The molecular formula is C22H31N3O4S2. The second-order valence-electron chi connectivity index (χ2n) is 9.03. The molecule has 1 atom stereocenters. The van der Waals surface area contributed by atoms with Gasteiger partial charge in [-0.2, -0.15) is 0 Å². The van der Waals surface area contributed by atoms with E-state index in [9.17, 15) is 18.0 Å². The first-order chi connectivity index (χ1) is 14.8. The molecule has 0 spiro atoms. The van der Waals surface area contributed by atoms with E-state index >= 15 is 0 Å². The van der Waals surface area contributed by atoms with Crippen molar-refractivity contribution < 1.29 is 18.0 Å². The summed E-state index contributed by atoms with van der Waals surface area (Å²) < 4.78 is 28.7. The number of likely N-dealkylation sites (tertiary alicyclic amines) is 1. The predicted molar refractivity (Wildman–Crippen MR) is 121 cm³/mol. The summed E-state index contributed by atoms with van der Waals surface area (Å²) in [5.74, 6) is 0.531. The summed E-state index contributed by atoms with van der Waals surface area (Å²) in [6, 6.07) is 4.85. The molecule has 2 amide bonds. The van der Waals surface area contributed by atoms with Gasteiger partial charge in [0.1, 0.15) is 0 Å². The number of benzene rings is 1. The van der Waals surface area contributed by atoms with Crippen molar-refractivity contribution in [2.75, 3.05) is 24.2 Å². The molecule has 31 heavy (non-hydrogen) atoms. The summed E-state index contributed by atoms with van der Waals surface area (Å²) >= 11 is 1.49. The molecule has 1 unspecified atom stereocenters. The Morgan fingerprint density at radius 1 is 1.19 bits per heavy atom. The maximum Gasteiger partial charge on any atom is 0.240 e. The summed E-state index contributed by atoms with van der Waals surface area (Å²) in [6.45, 7) is 3.74. The van der Waals surface area contributed by atoms with Crippen LogP contribution in [0.1, 0.15) is 51.9 Å². The summed E-state index contributed by atoms with van der Waals surface area (Å²) in [5.41, 5.74) is 0.506. The number of nitrogens with one attached hydrogen (secondary N) is 2. The van der Waals surface area contributed by atoms with Gasteiger partial charge >= 0.3 is 0 Å². The Bertz CT molecular complexity index is 936. The predicted octanol–water partition coefficient (Wildman–Crippen LogP) is 3.22. The van der Waals surface area contributed by atoms with Crippen LogP contribution in [0.2, 0.25) is 0 Å². The van der Waals surface area contributed by atoms with Crippen LogP contribution in [-0.2, 0) is 19.6 Å². The summed E-state index contributed by atoms with van der Waals surface area (Å²) in [6.07, 6.45) is 6.00. The summed E-state index contributed by atoms with van der Waals surface area (Å²) in [4.78, 5) is 28.1. The van der Waals surface area contributed by atoms with Gasteiger partial charge in [0.05, 0.1) is 16.5 Å². The van der Waals surface area contributed by atoms with E-state index in [1.54, 1.807) is 18.2 Å². The number of nitrogens with zero attached hydrogens (tertiary/aromatic N) is 1. The molecule has 2 heterocycles. The van der Waals surface area contributed by atoms with E-state index in [2.05, 4.69) is 17.0 Å². The smallest absolute Gasteiger partial charge is 0.240 e. The number of hydrogen-bond acceptors (Lipinski definition) is 5. The van der Waals surface area contributed by atoms with Crippen molar-refractivity contribution in [2.24, 2.45) is 11.8 Å². The normalized spacial score (nSPS) is 26.8. The number of sulfonamides is 1. The number of hydrogen-bond donors (Lipinski definition) is 2. The Hall–Kier alpha value is -1.58. The van der Waals surface area contributed by atoms with Crippen LogP contribution >= 0.6 is 11.8 Å². The first kappa shape index (κ1) is 22.6. The third-order valence-electron chi connectivity index (χ3n) is 6.55. The number of carbonyl (C=O) groups excluding carboxylic acids is 2. The molecule has 2 N–H and O–H groups in total. The highest BCUT2D eigenvalue weighted by Crippen LogP contribution is 2.35. The SMILES string of the molecule is CC1CCC(NS(=O)(=O)c2ccc3c(c2)NC(=O)C(CC(=O)N2CCCC2)CS3)CC1. The van der Waals surface area contributed by atoms with Crippen LogP contribution < -0.4 is 10.0 Å². The molecule has 9 heteroatoms. The van der Waals surface area contributed by atoms with Crippen molar-refractivity contribution in [3.05, 3.63) is 18.2 Å². The van der Waals surface area contributed by atoms with Crippen molar-refractivity contribution in [3.8, 4) is 0 Å². The molecule has 4 rings (SSSR count). The second kappa shape index (κ2) is 9.50. The molecule has 3 aliphatic rings. The minimum absolute atomic E-state index is 0.0264. The third kappa shape index (κ3) is 5.43. The third-order valence-corrected chi connectivity index (χ3v) is 9.30. The van der Waals surface area contributed by atoms with Crippen molar-refractivity contribution in [3.63, 3.8) is 0 Å². The average molecular weight is 466 g/mol. The van der Waals surface area contributed by atoms with E-state index in [0.29, 0.717) is 17.4 Å². The van der Waals surface area contributed by atoms with Crippen LogP contribution in [0.3, 0.4) is 0 Å². The number of anilines is 1. The number of amides is 2. The monoisotopic (exact) mass is 465 g/mol. The molecule has 7 nitrogen and oxygen atoms in total. The van der Waals surface area contributed by atoms with Crippen molar-refractivity contribution in [1.29, 1.82) is 0 Å². The first-order valence-electron chi connectivity index (χ1n) is 11.2. The van der Waals surface area contributed by atoms with Gasteiger partial charge in [0.15, 0.2) is 0 Å². The Kier molecular flexibility index (Phi) is 6.93. The quantitative estimate of drug-likeness (QED) is 0.696. The molecule has 2 aliphatic heterocycles. The van der Waals surface area contributed by atoms with Gasteiger partial charge in [-0.1, -0.05) is 6.92 Å². The Labute approximate surface area is 188 Å². The zero-order valence-electron chi connectivity index (χ0n) is 17.9. The largest absolute Gasteiger partial charge is 0.343 e. The minimum atomic E-state index is -3.66. The zero-order valence-corrected chi connectivity index (χ0v) is 19.6. The van der Waals surface area contributed by atoms with Gasteiger partial charge in [0, 0.05) is 36.2 Å². The highest BCUT2D eigenvalue weighted by atomic mass is 32.2. The lowest BCUT2D eigenvalue weighted by molar-refractivity contribution is -0.133. The number of fused-ring (bicyclic) bond motifs is 1. The van der Waals surface area contributed by atoms with Crippen LogP contribution in [0.25, 0.3) is 0 Å². The number of rotatable bonds is 5. The Balaban J connectivity index is 1.43. The lowest BCUT2D eigenvalue weighted by atomic mass is 9.88. The molecule has 1 saturated carbocycles. The molecule has 0 radical (unpaired) electrons. The molecule has 0 bridgehead atoms. The van der Waals surface area contributed by atoms with Gasteiger partial charge in [0.25, 0.3) is 0 Å². The average Bonchev–Trinajstić information content (AvgIpc) is 3.23. The van der Waals surface area contributed by atoms with Gasteiger partial charge in [-0.05, 0) is 62.6 Å². The molecule has 170 valence electrons. The molecule has 1 aliphatic carbocycles. The van der Waals surface area contributed by atoms with E-state index < -0.39 is 15.9 Å². The maximum atomic E-state index is 12.9. The van der Waals surface area contributed by atoms with Gasteiger partial charge in [0.2, 0.25) is 21.8 Å². The number of thioether (sulfide) groups is 1. The molecular weight excluding hydrogens is 434 g/mol. The fourth-order valence-corrected chi connectivity index (χ4v) is 6.93. The van der Waals surface area contributed by atoms with Gasteiger partial charge < -0.3 is 10.2 Å². The lowest BCUT2D eigenvalue weighted by Crippen LogP contribution is -2.37. The van der Waals surface area contributed by atoms with Crippen LogP contribution in [0.5, 0.6) is 0 Å². The van der Waals surface area contributed by atoms with Crippen LogP contribution in [0.4, 0.5) is 5.69 Å². The van der Waals surface area contributed by atoms with Crippen molar-refractivity contribution >= 4 is 39.3 Å². The Morgan fingerprint density at radius 2 is 1.90 bits per heavy atom. The molecule has 1 aromatic rings.